The molecule has 0 radical (unpaired) electrons. The standard InChI is InChI=1S/C18H19ClN6O/c19-13-5-7-25-14(8-13)9-15(23-25)18(26)24-6-1-2-12(10-24)17-20-16(21-22-17)11-3-4-11/h5,7-9,11-12H,1-4,6,10H2,(H,20,21,22). The van der Waals surface area contributed by atoms with Crippen molar-refractivity contribution >= 4 is 23.0 Å². The van der Waals surface area contributed by atoms with Crippen molar-refractivity contribution in [1.82, 2.24) is 29.7 Å². The molecule has 134 valence electrons. The fraction of sp³-hybridized carbons (Fsp3) is 0.444. The van der Waals surface area contributed by atoms with Gasteiger partial charge in [-0.1, -0.05) is 11.6 Å². The largest absolute Gasteiger partial charge is 0.337 e. The number of nitrogens with zero attached hydrogens (tertiary/aromatic N) is 5. The number of amides is 1. The molecule has 1 saturated heterocycles. The van der Waals surface area contributed by atoms with Crippen molar-refractivity contribution in [3.05, 3.63) is 46.8 Å². The van der Waals surface area contributed by atoms with E-state index in [1.54, 1.807) is 28.9 Å². The van der Waals surface area contributed by atoms with Crippen LogP contribution in [0.15, 0.2) is 24.4 Å². The van der Waals surface area contributed by atoms with Gasteiger partial charge < -0.3 is 4.90 Å². The quantitative estimate of drug-likeness (QED) is 0.768. The van der Waals surface area contributed by atoms with Gasteiger partial charge in [-0.3, -0.25) is 9.89 Å². The molecule has 3 aromatic rings. The lowest BCUT2D eigenvalue weighted by molar-refractivity contribution is 0.0698. The van der Waals surface area contributed by atoms with Crippen molar-refractivity contribution in [2.45, 2.75) is 37.5 Å². The summed E-state index contributed by atoms with van der Waals surface area (Å²) in [5, 5.41) is 12.5. The van der Waals surface area contributed by atoms with Crippen LogP contribution in [0.3, 0.4) is 0 Å². The highest BCUT2D eigenvalue weighted by atomic mass is 35.5. The number of carbonyl (C=O) groups excluding carboxylic acids is 1. The van der Waals surface area contributed by atoms with Crippen LogP contribution in [0.4, 0.5) is 0 Å². The average Bonchev–Trinajstić information content (AvgIpc) is 3.24. The second kappa shape index (κ2) is 6.09. The number of aromatic nitrogens is 5. The number of carbonyl (C=O) groups is 1. The smallest absolute Gasteiger partial charge is 0.274 e. The highest BCUT2D eigenvalue weighted by molar-refractivity contribution is 6.30. The Bertz CT molecular complexity index is 975. The zero-order valence-corrected chi connectivity index (χ0v) is 15.0. The number of aromatic amines is 1. The van der Waals surface area contributed by atoms with Gasteiger partial charge in [-0.25, -0.2) is 9.50 Å². The molecule has 1 atom stereocenters. The van der Waals surface area contributed by atoms with Gasteiger partial charge in [0.05, 0.1) is 5.52 Å². The molecule has 2 aliphatic rings. The summed E-state index contributed by atoms with van der Waals surface area (Å²) in [7, 11) is 0. The van der Waals surface area contributed by atoms with Gasteiger partial charge in [-0.15, -0.1) is 0 Å². The zero-order valence-electron chi connectivity index (χ0n) is 14.2. The van der Waals surface area contributed by atoms with E-state index < -0.39 is 0 Å². The Morgan fingerprint density at radius 2 is 2.12 bits per heavy atom. The first-order chi connectivity index (χ1) is 12.7. The molecule has 1 amide bonds. The van der Waals surface area contributed by atoms with Gasteiger partial charge in [0.15, 0.2) is 11.5 Å². The lowest BCUT2D eigenvalue weighted by Gasteiger charge is -2.30. The van der Waals surface area contributed by atoms with E-state index in [-0.39, 0.29) is 11.8 Å². The topological polar surface area (TPSA) is 79.2 Å². The molecule has 8 heteroatoms. The van der Waals surface area contributed by atoms with E-state index in [4.69, 9.17) is 11.6 Å². The molecular weight excluding hydrogens is 352 g/mol. The van der Waals surface area contributed by atoms with Crippen LogP contribution < -0.4 is 0 Å². The predicted molar refractivity (Wildman–Crippen MR) is 96.4 cm³/mol. The van der Waals surface area contributed by atoms with Crippen LogP contribution in [-0.4, -0.2) is 48.7 Å². The molecule has 0 bridgehead atoms. The SMILES string of the molecule is O=C(c1cc2cc(Cl)ccn2n1)N1CCCC(c2n[nH]c(C3CC3)n2)C1. The minimum absolute atomic E-state index is 0.0486. The number of rotatable bonds is 3. The number of pyridine rings is 1. The lowest BCUT2D eigenvalue weighted by Crippen LogP contribution is -2.39. The van der Waals surface area contributed by atoms with Crippen LogP contribution in [0.2, 0.25) is 5.02 Å². The molecule has 1 aliphatic heterocycles. The van der Waals surface area contributed by atoms with Crippen LogP contribution in [0.1, 0.15) is 59.7 Å². The van der Waals surface area contributed by atoms with Gasteiger partial charge in [0.2, 0.25) is 0 Å². The van der Waals surface area contributed by atoms with E-state index in [0.717, 1.165) is 36.6 Å². The average molecular weight is 371 g/mol. The van der Waals surface area contributed by atoms with Crippen molar-refractivity contribution in [3.63, 3.8) is 0 Å². The maximum absolute atomic E-state index is 12.9. The maximum Gasteiger partial charge on any atom is 0.274 e. The molecular formula is C18H19ClN6O. The van der Waals surface area contributed by atoms with Crippen molar-refractivity contribution in [2.75, 3.05) is 13.1 Å². The minimum atomic E-state index is -0.0486. The fourth-order valence-corrected chi connectivity index (χ4v) is 3.78. The molecule has 1 saturated carbocycles. The molecule has 7 nitrogen and oxygen atoms in total. The minimum Gasteiger partial charge on any atom is -0.337 e. The van der Waals surface area contributed by atoms with E-state index >= 15 is 0 Å². The molecule has 26 heavy (non-hydrogen) atoms. The Morgan fingerprint density at radius 1 is 1.23 bits per heavy atom. The third-order valence-corrected chi connectivity index (χ3v) is 5.44. The summed E-state index contributed by atoms with van der Waals surface area (Å²) in [5.74, 6) is 2.53. The third kappa shape index (κ3) is 2.86. The third-order valence-electron chi connectivity index (χ3n) is 5.20. The van der Waals surface area contributed by atoms with E-state index in [0.29, 0.717) is 23.2 Å². The Kier molecular flexibility index (Phi) is 3.70. The summed E-state index contributed by atoms with van der Waals surface area (Å²) < 4.78 is 1.68. The van der Waals surface area contributed by atoms with Crippen LogP contribution in [0, 0.1) is 0 Å². The number of fused-ring (bicyclic) bond motifs is 1. The summed E-state index contributed by atoms with van der Waals surface area (Å²) in [6.07, 6.45) is 6.11. The van der Waals surface area contributed by atoms with Crippen LogP contribution in [0.25, 0.3) is 5.52 Å². The number of H-pyrrole nitrogens is 1. The molecule has 4 heterocycles. The predicted octanol–water partition coefficient (Wildman–Crippen LogP) is 3.00. The molecule has 0 spiro atoms. The van der Waals surface area contributed by atoms with Gasteiger partial charge in [0.1, 0.15) is 5.82 Å². The first-order valence-electron chi connectivity index (χ1n) is 9.04. The molecule has 5 rings (SSSR count). The number of piperidine rings is 1. The van der Waals surface area contributed by atoms with E-state index in [1.165, 1.54) is 12.8 Å². The Balaban J connectivity index is 1.35. The first kappa shape index (κ1) is 15.8. The normalized spacial score (nSPS) is 20.7. The Morgan fingerprint density at radius 3 is 2.96 bits per heavy atom. The van der Waals surface area contributed by atoms with Crippen LogP contribution in [-0.2, 0) is 0 Å². The van der Waals surface area contributed by atoms with Gasteiger partial charge in [-0.05, 0) is 43.9 Å². The Labute approximate surface area is 155 Å². The molecule has 3 aromatic heterocycles. The number of nitrogens with one attached hydrogen (secondary N) is 1. The van der Waals surface area contributed by atoms with Crippen molar-refractivity contribution in [1.29, 1.82) is 0 Å². The molecule has 2 fully saturated rings. The van der Waals surface area contributed by atoms with Gasteiger partial charge in [-0.2, -0.15) is 10.2 Å². The summed E-state index contributed by atoms with van der Waals surface area (Å²) >= 11 is 6.02. The van der Waals surface area contributed by atoms with Gasteiger partial charge >= 0.3 is 0 Å². The van der Waals surface area contributed by atoms with E-state index in [9.17, 15) is 4.79 Å². The number of hydrogen-bond donors (Lipinski definition) is 1. The van der Waals surface area contributed by atoms with Crippen molar-refractivity contribution < 1.29 is 4.79 Å². The Hall–Kier alpha value is -2.41. The fourth-order valence-electron chi connectivity index (χ4n) is 3.62. The maximum atomic E-state index is 12.9. The molecule has 0 aromatic carbocycles. The highest BCUT2D eigenvalue weighted by Gasteiger charge is 2.31. The second-order valence-corrected chi connectivity index (χ2v) is 7.62. The molecule has 1 unspecified atom stereocenters. The summed E-state index contributed by atoms with van der Waals surface area (Å²) in [4.78, 5) is 19.5. The van der Waals surface area contributed by atoms with Crippen molar-refractivity contribution in [2.24, 2.45) is 0 Å². The second-order valence-electron chi connectivity index (χ2n) is 7.19. The monoisotopic (exact) mass is 370 g/mol. The first-order valence-corrected chi connectivity index (χ1v) is 9.41. The summed E-state index contributed by atoms with van der Waals surface area (Å²) in [5.41, 5.74) is 1.26. The number of likely N-dealkylation sites (tertiary alicyclic amines) is 1. The number of hydrogen-bond acceptors (Lipinski definition) is 4. The van der Waals surface area contributed by atoms with Crippen molar-refractivity contribution in [3.8, 4) is 0 Å². The lowest BCUT2D eigenvalue weighted by atomic mass is 9.97. The van der Waals surface area contributed by atoms with Gasteiger partial charge in [0.25, 0.3) is 5.91 Å². The van der Waals surface area contributed by atoms with E-state index in [1.807, 2.05) is 4.90 Å². The highest BCUT2D eigenvalue weighted by Crippen LogP contribution is 2.38. The summed E-state index contributed by atoms with van der Waals surface area (Å²) in [6.45, 7) is 1.37. The number of halogens is 1. The van der Waals surface area contributed by atoms with Crippen LogP contribution in [0.5, 0.6) is 0 Å². The molecule has 1 N–H and O–H groups in total. The van der Waals surface area contributed by atoms with Gasteiger partial charge in [0, 0.05) is 36.1 Å². The zero-order chi connectivity index (χ0) is 17.7. The summed E-state index contributed by atoms with van der Waals surface area (Å²) in [6, 6.07) is 5.35. The molecule has 1 aliphatic carbocycles. The van der Waals surface area contributed by atoms with E-state index in [2.05, 4.69) is 20.3 Å². The van der Waals surface area contributed by atoms with Crippen LogP contribution >= 0.6 is 11.6 Å².